The molecule has 0 saturated carbocycles. The Morgan fingerprint density at radius 1 is 1.11 bits per heavy atom. The van der Waals surface area contributed by atoms with E-state index in [9.17, 15) is 9.59 Å². The summed E-state index contributed by atoms with van der Waals surface area (Å²) in [5, 5.41) is 8.73. The van der Waals surface area contributed by atoms with Crippen LogP contribution in [-0.2, 0) is 0 Å². The van der Waals surface area contributed by atoms with Crippen LogP contribution in [0.1, 0.15) is 15.9 Å². The number of hydrogen-bond donors (Lipinski definition) is 2. The quantitative estimate of drug-likeness (QED) is 0.517. The number of rotatable bonds is 3. The van der Waals surface area contributed by atoms with E-state index in [1.54, 1.807) is 30.3 Å². The summed E-state index contributed by atoms with van der Waals surface area (Å²) < 4.78 is 4.54. The summed E-state index contributed by atoms with van der Waals surface area (Å²) in [4.78, 5) is 26.5. The molecule has 0 fully saturated rings. The van der Waals surface area contributed by atoms with E-state index < -0.39 is 5.76 Å². The molecule has 136 valence electrons. The van der Waals surface area contributed by atoms with Gasteiger partial charge in [-0.3, -0.25) is 14.3 Å². The molecule has 0 aliphatic heterocycles. The molecule has 0 aliphatic carbocycles. The third kappa shape index (κ3) is 3.39. The Morgan fingerprint density at radius 3 is 2.64 bits per heavy atom. The highest BCUT2D eigenvalue weighted by molar-refractivity contribution is 6.31. The maximum Gasteiger partial charge on any atom is 0.439 e. The molecule has 2 N–H and O–H groups in total. The van der Waals surface area contributed by atoms with Crippen molar-refractivity contribution in [3.8, 4) is 23.7 Å². The first-order chi connectivity index (χ1) is 13.5. The fourth-order valence-corrected chi connectivity index (χ4v) is 3.01. The van der Waals surface area contributed by atoms with Crippen LogP contribution in [0.4, 0.5) is 5.69 Å². The Balaban J connectivity index is 1.68. The van der Waals surface area contributed by atoms with Gasteiger partial charge in [0.05, 0.1) is 5.69 Å². The van der Waals surface area contributed by atoms with E-state index in [4.69, 9.17) is 18.0 Å². The lowest BCUT2D eigenvalue weighted by Crippen LogP contribution is -2.12. The highest BCUT2D eigenvalue weighted by Crippen LogP contribution is 2.29. The number of fused-ring (bicyclic) bond motifs is 1. The molecule has 0 unspecified atom stereocenters. The number of halogens is 1. The first kappa shape index (κ1) is 17.6. The summed E-state index contributed by atoms with van der Waals surface area (Å²) in [6, 6.07) is 15.7. The van der Waals surface area contributed by atoms with E-state index in [1.807, 2.05) is 24.3 Å². The van der Waals surface area contributed by atoms with Crippen molar-refractivity contribution in [2.24, 2.45) is 0 Å². The van der Waals surface area contributed by atoms with Gasteiger partial charge < -0.3 is 5.32 Å². The number of carbonyl (C=O) groups excluding carboxylic acids is 1. The molecular weight excluding hydrogens is 378 g/mol. The normalized spacial score (nSPS) is 10.6. The minimum Gasteiger partial charge on any atom is -0.321 e. The second-order valence-electron chi connectivity index (χ2n) is 6.01. The van der Waals surface area contributed by atoms with Crippen LogP contribution in [0, 0.1) is 12.3 Å². The van der Waals surface area contributed by atoms with Crippen molar-refractivity contribution in [2.45, 2.75) is 0 Å². The number of hydrogen-bond acceptors (Lipinski definition) is 4. The summed E-state index contributed by atoms with van der Waals surface area (Å²) >= 11 is 6.04. The lowest BCUT2D eigenvalue weighted by molar-refractivity contribution is 0.102. The Kier molecular flexibility index (Phi) is 4.44. The first-order valence-corrected chi connectivity index (χ1v) is 8.59. The Hall–Kier alpha value is -3.82. The predicted octanol–water partition coefficient (Wildman–Crippen LogP) is 4.07. The molecule has 1 amide bonds. The van der Waals surface area contributed by atoms with Gasteiger partial charge in [-0.05, 0) is 53.2 Å². The zero-order valence-electron chi connectivity index (χ0n) is 14.3. The Labute approximate surface area is 164 Å². The van der Waals surface area contributed by atoms with Crippen LogP contribution >= 0.6 is 11.6 Å². The molecule has 4 aromatic rings. The van der Waals surface area contributed by atoms with Crippen molar-refractivity contribution < 1.29 is 9.32 Å². The van der Waals surface area contributed by atoms with Crippen molar-refractivity contribution in [1.82, 2.24) is 10.1 Å². The van der Waals surface area contributed by atoms with Crippen molar-refractivity contribution in [1.29, 1.82) is 0 Å². The van der Waals surface area contributed by atoms with Gasteiger partial charge in [-0.1, -0.05) is 34.8 Å². The molecule has 0 aliphatic rings. The van der Waals surface area contributed by atoms with Crippen LogP contribution in [0.5, 0.6) is 0 Å². The van der Waals surface area contributed by atoms with Gasteiger partial charge in [0.25, 0.3) is 5.91 Å². The maximum atomic E-state index is 12.8. The predicted molar refractivity (Wildman–Crippen MR) is 107 cm³/mol. The summed E-state index contributed by atoms with van der Waals surface area (Å²) in [7, 11) is 0. The van der Waals surface area contributed by atoms with Crippen molar-refractivity contribution in [2.75, 3.05) is 5.32 Å². The lowest BCUT2D eigenvalue weighted by atomic mass is 10.0. The molecule has 0 radical (unpaired) electrons. The highest BCUT2D eigenvalue weighted by atomic mass is 35.5. The second kappa shape index (κ2) is 7.06. The SMILES string of the molecule is C#Cc1ccc2cc(C(=O)Nc3ccc(Cl)cc3-c3noc(=O)[nH]3)ccc2c1. The molecule has 0 saturated heterocycles. The molecule has 1 heterocycles. The molecule has 0 atom stereocenters. The minimum atomic E-state index is -0.701. The number of anilines is 1. The van der Waals surface area contributed by atoms with Gasteiger partial charge in [0.1, 0.15) is 0 Å². The van der Waals surface area contributed by atoms with E-state index in [-0.39, 0.29) is 11.7 Å². The van der Waals surface area contributed by atoms with Crippen molar-refractivity contribution in [3.05, 3.63) is 81.3 Å². The topological polar surface area (TPSA) is 88.0 Å². The van der Waals surface area contributed by atoms with Crippen LogP contribution in [0.15, 0.2) is 63.9 Å². The number of nitrogens with one attached hydrogen (secondary N) is 2. The Morgan fingerprint density at radius 2 is 1.89 bits per heavy atom. The second-order valence-corrected chi connectivity index (χ2v) is 6.45. The molecule has 28 heavy (non-hydrogen) atoms. The summed E-state index contributed by atoms with van der Waals surface area (Å²) in [6.07, 6.45) is 5.42. The van der Waals surface area contributed by atoms with Crippen LogP contribution < -0.4 is 11.1 Å². The molecule has 0 spiro atoms. The number of H-pyrrole nitrogens is 1. The van der Waals surface area contributed by atoms with Crippen LogP contribution in [0.2, 0.25) is 5.02 Å². The van der Waals surface area contributed by atoms with Gasteiger partial charge >= 0.3 is 5.76 Å². The zero-order chi connectivity index (χ0) is 19.7. The molecule has 7 heteroatoms. The fourth-order valence-electron chi connectivity index (χ4n) is 2.84. The van der Waals surface area contributed by atoms with Gasteiger partial charge in [0.2, 0.25) is 0 Å². The largest absolute Gasteiger partial charge is 0.439 e. The summed E-state index contributed by atoms with van der Waals surface area (Å²) in [5.41, 5.74) is 2.11. The molecular formula is C21H12ClN3O3. The molecule has 4 rings (SSSR count). The molecule has 6 nitrogen and oxygen atoms in total. The number of amides is 1. The third-order valence-electron chi connectivity index (χ3n) is 4.19. The van der Waals surface area contributed by atoms with Gasteiger partial charge in [0, 0.05) is 21.7 Å². The number of aromatic amines is 1. The van der Waals surface area contributed by atoms with E-state index in [0.29, 0.717) is 21.8 Å². The van der Waals surface area contributed by atoms with E-state index in [0.717, 1.165) is 16.3 Å². The maximum absolute atomic E-state index is 12.8. The number of benzene rings is 3. The number of terminal acetylenes is 1. The van der Waals surface area contributed by atoms with Crippen LogP contribution in [-0.4, -0.2) is 16.0 Å². The molecule has 1 aromatic heterocycles. The minimum absolute atomic E-state index is 0.170. The Bertz CT molecular complexity index is 1310. The first-order valence-electron chi connectivity index (χ1n) is 8.21. The summed E-state index contributed by atoms with van der Waals surface area (Å²) in [6.45, 7) is 0. The van der Waals surface area contributed by atoms with Crippen molar-refractivity contribution in [3.63, 3.8) is 0 Å². The zero-order valence-corrected chi connectivity index (χ0v) is 15.1. The van der Waals surface area contributed by atoms with E-state index in [1.165, 1.54) is 0 Å². The number of carbonyl (C=O) groups is 1. The highest BCUT2D eigenvalue weighted by Gasteiger charge is 2.14. The smallest absolute Gasteiger partial charge is 0.321 e. The lowest BCUT2D eigenvalue weighted by Gasteiger charge is -2.10. The third-order valence-corrected chi connectivity index (χ3v) is 4.43. The van der Waals surface area contributed by atoms with Crippen molar-refractivity contribution >= 4 is 34.0 Å². The van der Waals surface area contributed by atoms with Crippen LogP contribution in [0.3, 0.4) is 0 Å². The van der Waals surface area contributed by atoms with Gasteiger partial charge in [0.15, 0.2) is 5.82 Å². The monoisotopic (exact) mass is 389 g/mol. The number of aromatic nitrogens is 2. The average molecular weight is 390 g/mol. The van der Waals surface area contributed by atoms with Gasteiger partial charge in [-0.25, -0.2) is 4.79 Å². The van der Waals surface area contributed by atoms with Gasteiger partial charge in [-0.2, -0.15) is 0 Å². The van der Waals surface area contributed by atoms with Crippen LogP contribution in [0.25, 0.3) is 22.2 Å². The van der Waals surface area contributed by atoms with E-state index >= 15 is 0 Å². The average Bonchev–Trinajstić information content (AvgIpc) is 3.14. The van der Waals surface area contributed by atoms with E-state index in [2.05, 4.69) is 25.9 Å². The number of nitrogens with zero attached hydrogens (tertiary/aromatic N) is 1. The fraction of sp³-hybridized carbons (Fsp3) is 0. The molecule has 3 aromatic carbocycles. The summed E-state index contributed by atoms with van der Waals surface area (Å²) in [5.74, 6) is 1.74. The molecule has 0 bridgehead atoms. The van der Waals surface area contributed by atoms with Gasteiger partial charge in [-0.15, -0.1) is 6.42 Å². The standard InChI is InChI=1S/C21H12ClN3O3/c1-2-12-3-4-14-10-15(6-5-13(14)9-12)20(26)23-18-8-7-16(22)11-17(18)19-24-21(27)28-25-19/h1,3-11H,(H,23,26)(H,24,25,27).